The number of nitrogens with one attached hydrogen (secondary N) is 2. The number of halogens is 1. The monoisotopic (exact) mass is 309 g/mol. The minimum atomic E-state index is -0.619. The predicted molar refractivity (Wildman–Crippen MR) is 84.1 cm³/mol. The molecule has 1 unspecified atom stereocenters. The molecule has 0 fully saturated rings. The normalized spacial score (nSPS) is 12.5. The zero-order chi connectivity index (χ0) is 16.9. The maximum absolute atomic E-state index is 13.8. The Morgan fingerprint density at radius 1 is 1.27 bits per heavy atom. The van der Waals surface area contributed by atoms with Gasteiger partial charge in [-0.15, -0.1) is 0 Å². The molecule has 0 saturated heterocycles. The third-order valence-electron chi connectivity index (χ3n) is 3.45. The standard InChI is InChI=1S/C16H24FN3O2/c1-11(14(21)20(4)5)19-15(22)18-10-16(2,3)12-8-6-7-9-13(12)17/h6-9,11H,10H2,1-5H3,(H2,18,19,22). The lowest BCUT2D eigenvalue weighted by atomic mass is 9.84. The van der Waals surface area contributed by atoms with E-state index < -0.39 is 17.5 Å². The van der Waals surface area contributed by atoms with Crippen molar-refractivity contribution in [3.05, 3.63) is 35.6 Å². The fourth-order valence-corrected chi connectivity index (χ4v) is 2.10. The Kier molecular flexibility index (Phi) is 5.91. The van der Waals surface area contributed by atoms with Gasteiger partial charge >= 0.3 is 6.03 Å². The van der Waals surface area contributed by atoms with Crippen molar-refractivity contribution < 1.29 is 14.0 Å². The van der Waals surface area contributed by atoms with Gasteiger partial charge in [0.1, 0.15) is 11.9 Å². The summed E-state index contributed by atoms with van der Waals surface area (Å²) in [7, 11) is 3.25. The van der Waals surface area contributed by atoms with Gasteiger partial charge in [-0.1, -0.05) is 32.0 Å². The van der Waals surface area contributed by atoms with Crippen molar-refractivity contribution in [1.82, 2.24) is 15.5 Å². The number of hydrogen-bond donors (Lipinski definition) is 2. The minimum absolute atomic E-state index is 0.191. The lowest BCUT2D eigenvalue weighted by molar-refractivity contribution is -0.130. The highest BCUT2D eigenvalue weighted by molar-refractivity contribution is 5.86. The summed E-state index contributed by atoms with van der Waals surface area (Å²) in [5, 5.41) is 5.25. The summed E-state index contributed by atoms with van der Waals surface area (Å²) in [4.78, 5) is 24.9. The van der Waals surface area contributed by atoms with Crippen LogP contribution in [0.1, 0.15) is 26.3 Å². The Hall–Kier alpha value is -2.11. The molecular formula is C16H24FN3O2. The minimum Gasteiger partial charge on any atom is -0.347 e. The average molecular weight is 309 g/mol. The Morgan fingerprint density at radius 2 is 1.86 bits per heavy atom. The van der Waals surface area contributed by atoms with E-state index >= 15 is 0 Å². The van der Waals surface area contributed by atoms with Crippen molar-refractivity contribution in [1.29, 1.82) is 0 Å². The van der Waals surface area contributed by atoms with Crippen molar-refractivity contribution in [3.63, 3.8) is 0 Å². The number of carbonyl (C=O) groups excluding carboxylic acids is 2. The zero-order valence-electron chi connectivity index (χ0n) is 13.7. The Morgan fingerprint density at radius 3 is 2.41 bits per heavy atom. The van der Waals surface area contributed by atoms with Gasteiger partial charge in [0.15, 0.2) is 0 Å². The van der Waals surface area contributed by atoms with Crippen molar-refractivity contribution in [3.8, 4) is 0 Å². The molecule has 3 amide bonds. The summed E-state index contributed by atoms with van der Waals surface area (Å²) in [5.41, 5.74) is -0.0231. The van der Waals surface area contributed by atoms with Gasteiger partial charge in [-0.3, -0.25) is 4.79 Å². The van der Waals surface area contributed by atoms with E-state index in [4.69, 9.17) is 0 Å². The molecule has 1 aromatic carbocycles. The molecule has 0 aliphatic heterocycles. The van der Waals surface area contributed by atoms with Crippen LogP contribution < -0.4 is 10.6 Å². The zero-order valence-corrected chi connectivity index (χ0v) is 13.7. The number of urea groups is 1. The molecule has 0 bridgehead atoms. The smallest absolute Gasteiger partial charge is 0.315 e. The third kappa shape index (κ3) is 4.72. The second-order valence-electron chi connectivity index (χ2n) is 6.15. The van der Waals surface area contributed by atoms with E-state index in [2.05, 4.69) is 10.6 Å². The first-order valence-corrected chi connectivity index (χ1v) is 7.15. The first kappa shape index (κ1) is 17.9. The molecular weight excluding hydrogens is 285 g/mol. The predicted octanol–water partition coefficient (Wildman–Crippen LogP) is 1.88. The number of carbonyl (C=O) groups is 2. The van der Waals surface area contributed by atoms with Crippen LogP contribution in [-0.2, 0) is 10.2 Å². The molecule has 0 saturated carbocycles. The molecule has 122 valence electrons. The third-order valence-corrected chi connectivity index (χ3v) is 3.45. The van der Waals surface area contributed by atoms with E-state index in [1.807, 2.05) is 13.8 Å². The molecule has 6 heteroatoms. The van der Waals surface area contributed by atoms with Gasteiger partial charge in [0, 0.05) is 26.1 Å². The van der Waals surface area contributed by atoms with Crippen LogP contribution in [0.25, 0.3) is 0 Å². The van der Waals surface area contributed by atoms with Crippen molar-refractivity contribution in [2.24, 2.45) is 0 Å². The lowest BCUT2D eigenvalue weighted by Gasteiger charge is -2.26. The average Bonchev–Trinajstić information content (AvgIpc) is 2.44. The molecule has 0 spiro atoms. The Labute approximate surface area is 130 Å². The van der Waals surface area contributed by atoms with Gasteiger partial charge in [0.05, 0.1) is 0 Å². The molecule has 0 aliphatic carbocycles. The molecule has 2 N–H and O–H groups in total. The maximum Gasteiger partial charge on any atom is 0.315 e. The summed E-state index contributed by atoms with van der Waals surface area (Å²) >= 11 is 0. The number of rotatable bonds is 5. The molecule has 22 heavy (non-hydrogen) atoms. The summed E-state index contributed by atoms with van der Waals surface area (Å²) in [6.45, 7) is 5.56. The van der Waals surface area contributed by atoms with Crippen LogP contribution in [0.4, 0.5) is 9.18 Å². The first-order chi connectivity index (χ1) is 10.1. The van der Waals surface area contributed by atoms with Crippen LogP contribution in [0.2, 0.25) is 0 Å². The molecule has 1 aromatic rings. The summed E-state index contributed by atoms with van der Waals surface area (Å²) < 4.78 is 13.8. The number of nitrogens with zero attached hydrogens (tertiary/aromatic N) is 1. The Balaban J connectivity index is 2.60. The van der Waals surface area contributed by atoms with Crippen LogP contribution in [0.5, 0.6) is 0 Å². The van der Waals surface area contributed by atoms with E-state index in [0.29, 0.717) is 5.56 Å². The number of hydrogen-bond acceptors (Lipinski definition) is 2. The van der Waals surface area contributed by atoms with E-state index in [0.717, 1.165) is 0 Å². The largest absolute Gasteiger partial charge is 0.347 e. The van der Waals surface area contributed by atoms with Crippen LogP contribution >= 0.6 is 0 Å². The first-order valence-electron chi connectivity index (χ1n) is 7.15. The molecule has 0 radical (unpaired) electrons. The maximum atomic E-state index is 13.8. The lowest BCUT2D eigenvalue weighted by Crippen LogP contribution is -2.50. The van der Waals surface area contributed by atoms with Crippen molar-refractivity contribution in [2.75, 3.05) is 20.6 Å². The van der Waals surface area contributed by atoms with Gasteiger partial charge in [-0.25, -0.2) is 9.18 Å². The second-order valence-corrected chi connectivity index (χ2v) is 6.15. The fourth-order valence-electron chi connectivity index (χ4n) is 2.10. The number of likely N-dealkylation sites (N-methyl/N-ethyl adjacent to an activating group) is 1. The highest BCUT2D eigenvalue weighted by atomic mass is 19.1. The van der Waals surface area contributed by atoms with E-state index in [1.165, 1.54) is 11.0 Å². The second kappa shape index (κ2) is 7.24. The van der Waals surface area contributed by atoms with Crippen LogP contribution in [-0.4, -0.2) is 43.5 Å². The number of amides is 3. The molecule has 0 heterocycles. The van der Waals surface area contributed by atoms with Crippen LogP contribution in [0.15, 0.2) is 24.3 Å². The molecule has 1 atom stereocenters. The quantitative estimate of drug-likeness (QED) is 0.872. The highest BCUT2D eigenvalue weighted by Crippen LogP contribution is 2.24. The topological polar surface area (TPSA) is 61.4 Å². The van der Waals surface area contributed by atoms with Crippen LogP contribution in [0, 0.1) is 5.82 Å². The van der Waals surface area contributed by atoms with Gasteiger partial charge in [0.2, 0.25) is 5.91 Å². The van der Waals surface area contributed by atoms with Crippen molar-refractivity contribution in [2.45, 2.75) is 32.2 Å². The van der Waals surface area contributed by atoms with Gasteiger partial charge in [-0.2, -0.15) is 0 Å². The fraction of sp³-hybridized carbons (Fsp3) is 0.500. The van der Waals surface area contributed by atoms with Gasteiger partial charge in [0.25, 0.3) is 0 Å². The highest BCUT2D eigenvalue weighted by Gasteiger charge is 2.25. The molecule has 1 rings (SSSR count). The summed E-state index contributed by atoms with van der Waals surface area (Å²) in [6.07, 6.45) is 0. The van der Waals surface area contributed by atoms with Crippen molar-refractivity contribution >= 4 is 11.9 Å². The van der Waals surface area contributed by atoms with E-state index in [-0.39, 0.29) is 18.3 Å². The Bertz CT molecular complexity index is 544. The SMILES string of the molecule is CC(NC(=O)NCC(C)(C)c1ccccc1F)C(=O)N(C)C. The van der Waals surface area contributed by atoms with Gasteiger partial charge in [-0.05, 0) is 18.6 Å². The van der Waals surface area contributed by atoms with Crippen LogP contribution in [0.3, 0.4) is 0 Å². The van der Waals surface area contributed by atoms with Gasteiger partial charge < -0.3 is 15.5 Å². The summed E-state index contributed by atoms with van der Waals surface area (Å²) in [6, 6.07) is 5.42. The van der Waals surface area contributed by atoms with E-state index in [1.54, 1.807) is 39.2 Å². The molecule has 0 aliphatic rings. The molecule has 5 nitrogen and oxygen atoms in total. The summed E-state index contributed by atoms with van der Waals surface area (Å²) in [5.74, 6) is -0.491. The number of benzene rings is 1. The van der Waals surface area contributed by atoms with E-state index in [9.17, 15) is 14.0 Å². The molecule has 0 aromatic heterocycles.